The van der Waals surface area contributed by atoms with Crippen molar-refractivity contribution in [1.29, 1.82) is 0 Å². The van der Waals surface area contributed by atoms with E-state index in [0.717, 1.165) is 0 Å². The number of allylic oxidation sites excluding steroid dienone is 1. The molecule has 0 saturated heterocycles. The van der Waals surface area contributed by atoms with Crippen LogP contribution >= 0.6 is 0 Å². The van der Waals surface area contributed by atoms with E-state index in [4.69, 9.17) is 0 Å². The fraction of sp³-hybridized carbons (Fsp3) is 0.333. The van der Waals surface area contributed by atoms with Crippen LogP contribution in [0.5, 0.6) is 0 Å². The highest BCUT2D eigenvalue weighted by atomic mass is 16.6. The largest absolute Gasteiger partial charge is 0.309 e. The van der Waals surface area contributed by atoms with E-state index in [1.165, 1.54) is 37.3 Å². The molecule has 21 heavy (non-hydrogen) atoms. The molecule has 0 amide bonds. The highest BCUT2D eigenvalue weighted by molar-refractivity contribution is 6.22. The predicted molar refractivity (Wildman–Crippen MR) is 79.9 cm³/mol. The van der Waals surface area contributed by atoms with Crippen molar-refractivity contribution in [2.75, 3.05) is 20.6 Å². The van der Waals surface area contributed by atoms with E-state index < -0.39 is 4.92 Å². The van der Waals surface area contributed by atoms with Gasteiger partial charge >= 0.3 is 0 Å². The lowest BCUT2D eigenvalue weighted by molar-refractivity contribution is -0.384. The van der Waals surface area contributed by atoms with Crippen LogP contribution in [0.3, 0.4) is 0 Å². The van der Waals surface area contributed by atoms with Gasteiger partial charge in [-0.25, -0.2) is 0 Å². The van der Waals surface area contributed by atoms with Crippen molar-refractivity contribution in [3.8, 4) is 0 Å². The average Bonchev–Trinajstić information content (AvgIpc) is 2.42. The Bertz CT molecular complexity index is 574. The van der Waals surface area contributed by atoms with Gasteiger partial charge in [-0.3, -0.25) is 19.7 Å². The Morgan fingerprint density at radius 1 is 1.24 bits per heavy atom. The van der Waals surface area contributed by atoms with Crippen molar-refractivity contribution in [3.63, 3.8) is 0 Å². The Morgan fingerprint density at radius 3 is 2.24 bits per heavy atom. The molecule has 0 aromatic heterocycles. The van der Waals surface area contributed by atoms with E-state index in [2.05, 4.69) is 0 Å². The molecule has 0 saturated carbocycles. The molecule has 0 aliphatic rings. The van der Waals surface area contributed by atoms with Gasteiger partial charge in [0.05, 0.1) is 10.5 Å². The highest BCUT2D eigenvalue weighted by Gasteiger charge is 2.14. The summed E-state index contributed by atoms with van der Waals surface area (Å²) >= 11 is 0. The molecule has 1 rings (SSSR count). The number of nitro groups is 1. The quantitative estimate of drug-likeness (QED) is 0.252. The van der Waals surface area contributed by atoms with Crippen LogP contribution in [0.25, 0.3) is 6.08 Å². The number of ketones is 2. The van der Waals surface area contributed by atoms with Gasteiger partial charge < -0.3 is 4.90 Å². The molecule has 0 radical (unpaired) electrons. The Kier molecular flexibility index (Phi) is 5.92. The van der Waals surface area contributed by atoms with Crippen LogP contribution in [0.1, 0.15) is 18.9 Å². The number of nitrogens with zero attached hydrogens (tertiary/aromatic N) is 2. The topological polar surface area (TPSA) is 80.5 Å². The van der Waals surface area contributed by atoms with E-state index in [0.29, 0.717) is 12.1 Å². The maximum atomic E-state index is 12.0. The van der Waals surface area contributed by atoms with Crippen molar-refractivity contribution in [2.45, 2.75) is 13.3 Å². The molecule has 0 aliphatic carbocycles. The van der Waals surface area contributed by atoms with Crippen molar-refractivity contribution in [2.24, 2.45) is 0 Å². The van der Waals surface area contributed by atoms with Crippen LogP contribution in [0, 0.1) is 10.1 Å². The second-order valence-corrected chi connectivity index (χ2v) is 4.94. The maximum absolute atomic E-state index is 12.0. The molecule has 0 heterocycles. The second-order valence-electron chi connectivity index (χ2n) is 4.94. The van der Waals surface area contributed by atoms with Crippen LogP contribution < -0.4 is 0 Å². The molecule has 0 unspecified atom stereocenters. The first-order valence-electron chi connectivity index (χ1n) is 6.46. The summed E-state index contributed by atoms with van der Waals surface area (Å²) in [4.78, 5) is 35.6. The molecular formula is C15H18N2O4. The molecule has 0 atom stereocenters. The molecule has 0 bridgehead atoms. The Morgan fingerprint density at radius 2 is 1.81 bits per heavy atom. The van der Waals surface area contributed by atoms with Crippen molar-refractivity contribution < 1.29 is 14.5 Å². The zero-order chi connectivity index (χ0) is 16.0. The fourth-order valence-corrected chi connectivity index (χ4v) is 1.70. The summed E-state index contributed by atoms with van der Waals surface area (Å²) in [6, 6.07) is 5.71. The van der Waals surface area contributed by atoms with Crippen LogP contribution in [0.15, 0.2) is 29.8 Å². The third-order valence-corrected chi connectivity index (χ3v) is 2.88. The first-order valence-corrected chi connectivity index (χ1v) is 6.46. The summed E-state index contributed by atoms with van der Waals surface area (Å²) in [6.07, 6.45) is 1.73. The molecule has 0 spiro atoms. The second kappa shape index (κ2) is 7.44. The molecule has 0 fully saturated rings. The van der Waals surface area contributed by atoms with Crippen molar-refractivity contribution >= 4 is 23.3 Å². The van der Waals surface area contributed by atoms with Gasteiger partial charge in [0, 0.05) is 25.1 Å². The van der Waals surface area contributed by atoms with Crippen LogP contribution in [0.4, 0.5) is 5.69 Å². The minimum atomic E-state index is -0.498. The third kappa shape index (κ3) is 5.27. The standard InChI is InChI=1S/C15H18N2O4/c1-11(18)14(15(19)8-9-16(2)3)10-12-4-6-13(7-5-12)17(20)21/h4-7,10H,8-9H2,1-3H3. The van der Waals surface area contributed by atoms with Gasteiger partial charge in [0.2, 0.25) is 0 Å². The van der Waals surface area contributed by atoms with E-state index in [-0.39, 0.29) is 29.2 Å². The van der Waals surface area contributed by atoms with E-state index in [9.17, 15) is 19.7 Å². The lowest BCUT2D eigenvalue weighted by Crippen LogP contribution is -2.19. The van der Waals surface area contributed by atoms with E-state index >= 15 is 0 Å². The monoisotopic (exact) mass is 290 g/mol. The Balaban J connectivity index is 2.96. The summed E-state index contributed by atoms with van der Waals surface area (Å²) in [6.45, 7) is 1.90. The summed E-state index contributed by atoms with van der Waals surface area (Å²) in [5.41, 5.74) is 0.671. The highest BCUT2D eigenvalue weighted by Crippen LogP contribution is 2.15. The minimum absolute atomic E-state index is 0.0320. The molecule has 0 aliphatic heterocycles. The number of Topliss-reactive ketones (excluding diaryl/α,β-unsaturated/α-hetero) is 2. The molecule has 0 N–H and O–H groups in total. The van der Waals surface area contributed by atoms with Crippen LogP contribution in [0.2, 0.25) is 0 Å². The number of benzene rings is 1. The van der Waals surface area contributed by atoms with Gasteiger partial charge in [-0.2, -0.15) is 0 Å². The summed E-state index contributed by atoms with van der Waals surface area (Å²) in [5.74, 6) is -0.535. The lowest BCUT2D eigenvalue weighted by atomic mass is 10.0. The van der Waals surface area contributed by atoms with Crippen molar-refractivity contribution in [1.82, 2.24) is 4.90 Å². The number of hydrogen-bond donors (Lipinski definition) is 0. The number of nitro benzene ring substituents is 1. The lowest BCUT2D eigenvalue weighted by Gasteiger charge is -2.09. The van der Waals surface area contributed by atoms with Gasteiger partial charge in [-0.05, 0) is 44.8 Å². The molecular weight excluding hydrogens is 272 g/mol. The average molecular weight is 290 g/mol. The van der Waals surface area contributed by atoms with Gasteiger partial charge in [0.15, 0.2) is 11.6 Å². The molecule has 112 valence electrons. The summed E-state index contributed by atoms with van der Waals surface area (Å²) < 4.78 is 0. The summed E-state index contributed by atoms with van der Waals surface area (Å²) in [5, 5.41) is 10.6. The molecule has 1 aromatic rings. The van der Waals surface area contributed by atoms with E-state index in [1.807, 2.05) is 19.0 Å². The zero-order valence-electron chi connectivity index (χ0n) is 12.3. The number of hydrogen-bond acceptors (Lipinski definition) is 5. The minimum Gasteiger partial charge on any atom is -0.309 e. The van der Waals surface area contributed by atoms with Crippen LogP contribution in [-0.2, 0) is 9.59 Å². The number of rotatable bonds is 7. The maximum Gasteiger partial charge on any atom is 0.269 e. The fourth-order valence-electron chi connectivity index (χ4n) is 1.70. The Labute approximate surface area is 123 Å². The molecule has 6 nitrogen and oxygen atoms in total. The molecule has 6 heteroatoms. The summed E-state index contributed by atoms with van der Waals surface area (Å²) in [7, 11) is 3.70. The van der Waals surface area contributed by atoms with Gasteiger partial charge in [-0.1, -0.05) is 0 Å². The van der Waals surface area contributed by atoms with Gasteiger partial charge in [0.1, 0.15) is 0 Å². The number of non-ortho nitro benzene ring substituents is 1. The number of carbonyl (C=O) groups excluding carboxylic acids is 2. The first kappa shape index (κ1) is 16.7. The van der Waals surface area contributed by atoms with Crippen LogP contribution in [-0.4, -0.2) is 42.0 Å². The van der Waals surface area contributed by atoms with Crippen molar-refractivity contribution in [3.05, 3.63) is 45.5 Å². The SMILES string of the molecule is CC(=O)C(=Cc1ccc([N+](=O)[O-])cc1)C(=O)CCN(C)C. The van der Waals surface area contributed by atoms with Gasteiger partial charge in [0.25, 0.3) is 5.69 Å². The van der Waals surface area contributed by atoms with E-state index in [1.54, 1.807) is 0 Å². The molecule has 1 aromatic carbocycles. The van der Waals surface area contributed by atoms with Gasteiger partial charge in [-0.15, -0.1) is 0 Å². The smallest absolute Gasteiger partial charge is 0.269 e. The first-order chi connectivity index (χ1) is 9.81. The Hall–Kier alpha value is -2.34. The number of carbonyl (C=O) groups is 2. The third-order valence-electron chi connectivity index (χ3n) is 2.88. The normalized spacial score (nSPS) is 11.5. The predicted octanol–water partition coefficient (Wildman–Crippen LogP) is 2.09. The zero-order valence-corrected chi connectivity index (χ0v) is 12.3.